The first kappa shape index (κ1) is 16.5. The Morgan fingerprint density at radius 2 is 1.74 bits per heavy atom. The average molecular weight is 270 g/mol. The second-order valence-electron chi connectivity index (χ2n) is 5.73. The molecule has 1 aliphatic carbocycles. The molecule has 0 aromatic carbocycles. The molecule has 0 radical (unpaired) electrons. The zero-order valence-electron chi connectivity index (χ0n) is 12.7. The normalized spacial score (nSPS) is 23.3. The predicted octanol–water partition coefficient (Wildman–Crippen LogP) is 3.95. The number of unbranched alkanes of at least 4 members (excludes halogenated alkanes) is 2. The molecule has 0 amide bonds. The first-order chi connectivity index (χ1) is 9.27. The average Bonchev–Trinajstić information content (AvgIpc) is 2.45. The van der Waals surface area contributed by atoms with Crippen LogP contribution in [0.15, 0.2) is 0 Å². The van der Waals surface area contributed by atoms with E-state index in [4.69, 9.17) is 9.47 Å². The molecule has 1 rings (SSSR count). The number of ether oxygens (including phenoxy) is 2. The van der Waals surface area contributed by atoms with Gasteiger partial charge in [0, 0.05) is 13.7 Å². The van der Waals surface area contributed by atoms with E-state index >= 15 is 0 Å². The predicted molar refractivity (Wildman–Crippen MR) is 77.0 cm³/mol. The lowest BCUT2D eigenvalue weighted by Gasteiger charge is -2.27. The van der Waals surface area contributed by atoms with Crippen LogP contribution < -0.4 is 0 Å². The Labute approximate surface area is 118 Å². The van der Waals surface area contributed by atoms with E-state index in [9.17, 15) is 4.79 Å². The van der Waals surface area contributed by atoms with Crippen LogP contribution in [0.1, 0.15) is 64.7 Å². The number of carbonyl (C=O) groups excluding carboxylic acids is 1. The second kappa shape index (κ2) is 10.2. The summed E-state index contributed by atoms with van der Waals surface area (Å²) in [5.41, 5.74) is 0. The summed E-state index contributed by atoms with van der Waals surface area (Å²) in [6.45, 7) is 3.55. The van der Waals surface area contributed by atoms with E-state index in [1.54, 1.807) is 7.11 Å². The third kappa shape index (κ3) is 6.95. The zero-order valence-corrected chi connectivity index (χ0v) is 12.7. The van der Waals surface area contributed by atoms with Crippen molar-refractivity contribution in [2.45, 2.75) is 64.7 Å². The molecule has 0 aromatic heterocycles. The molecule has 0 unspecified atom stereocenters. The van der Waals surface area contributed by atoms with Gasteiger partial charge >= 0.3 is 5.97 Å². The highest BCUT2D eigenvalue weighted by Gasteiger charge is 2.26. The van der Waals surface area contributed by atoms with Crippen LogP contribution in [-0.2, 0) is 14.3 Å². The van der Waals surface area contributed by atoms with Gasteiger partial charge in [-0.05, 0) is 44.4 Å². The van der Waals surface area contributed by atoms with Gasteiger partial charge in [-0.3, -0.25) is 4.79 Å². The fourth-order valence-corrected chi connectivity index (χ4v) is 2.82. The van der Waals surface area contributed by atoms with Crippen molar-refractivity contribution in [3.8, 4) is 0 Å². The second-order valence-corrected chi connectivity index (χ2v) is 5.73. The Bertz CT molecular complexity index is 232. The maximum atomic E-state index is 11.9. The third-order valence-corrected chi connectivity index (χ3v) is 4.13. The Hall–Kier alpha value is -0.570. The molecule has 0 heterocycles. The monoisotopic (exact) mass is 270 g/mol. The minimum atomic E-state index is 0.0337. The van der Waals surface area contributed by atoms with Gasteiger partial charge in [0.1, 0.15) is 0 Å². The molecular weight excluding hydrogens is 240 g/mol. The molecule has 0 N–H and O–H groups in total. The summed E-state index contributed by atoms with van der Waals surface area (Å²) in [6, 6.07) is 0. The molecule has 0 aliphatic heterocycles. The van der Waals surface area contributed by atoms with Gasteiger partial charge in [-0.1, -0.05) is 26.2 Å². The van der Waals surface area contributed by atoms with Gasteiger partial charge in [-0.25, -0.2) is 0 Å². The van der Waals surface area contributed by atoms with Gasteiger partial charge < -0.3 is 9.47 Å². The van der Waals surface area contributed by atoms with Gasteiger partial charge in [0.25, 0.3) is 0 Å². The highest BCUT2D eigenvalue weighted by Crippen LogP contribution is 2.32. The summed E-state index contributed by atoms with van der Waals surface area (Å²) in [5.74, 6) is 1.05. The minimum absolute atomic E-state index is 0.0337. The van der Waals surface area contributed by atoms with Gasteiger partial charge in [0.05, 0.1) is 12.5 Å². The van der Waals surface area contributed by atoms with Crippen LogP contribution in [0, 0.1) is 11.8 Å². The van der Waals surface area contributed by atoms with Crippen molar-refractivity contribution in [3.05, 3.63) is 0 Å². The van der Waals surface area contributed by atoms with Crippen LogP contribution >= 0.6 is 0 Å². The summed E-state index contributed by atoms with van der Waals surface area (Å²) in [4.78, 5) is 11.9. The molecule has 0 spiro atoms. The smallest absolute Gasteiger partial charge is 0.308 e. The van der Waals surface area contributed by atoms with Crippen LogP contribution in [0.5, 0.6) is 0 Å². The molecule has 0 atom stereocenters. The van der Waals surface area contributed by atoms with E-state index in [1.807, 2.05) is 0 Å². The molecule has 1 saturated carbocycles. The quantitative estimate of drug-likeness (QED) is 0.470. The molecule has 3 nitrogen and oxygen atoms in total. The highest BCUT2D eigenvalue weighted by molar-refractivity contribution is 5.72. The van der Waals surface area contributed by atoms with Gasteiger partial charge in [0.15, 0.2) is 0 Å². The number of methoxy groups -OCH3 is 1. The van der Waals surface area contributed by atoms with Crippen molar-refractivity contribution >= 4 is 5.97 Å². The van der Waals surface area contributed by atoms with Gasteiger partial charge in [0.2, 0.25) is 0 Å². The lowest BCUT2D eigenvalue weighted by molar-refractivity contribution is -0.150. The summed E-state index contributed by atoms with van der Waals surface area (Å²) < 4.78 is 10.3. The van der Waals surface area contributed by atoms with E-state index in [0.717, 1.165) is 38.2 Å². The fraction of sp³-hybridized carbons (Fsp3) is 0.938. The first-order valence-corrected chi connectivity index (χ1v) is 7.93. The van der Waals surface area contributed by atoms with Crippen LogP contribution in [0.25, 0.3) is 0 Å². The topological polar surface area (TPSA) is 35.5 Å². The van der Waals surface area contributed by atoms with Crippen molar-refractivity contribution in [3.63, 3.8) is 0 Å². The molecule has 0 aromatic rings. The lowest BCUT2D eigenvalue weighted by atomic mass is 9.80. The molecular formula is C16H30O3. The number of esters is 1. The van der Waals surface area contributed by atoms with E-state index in [0.29, 0.717) is 6.61 Å². The highest BCUT2D eigenvalue weighted by atomic mass is 16.5. The van der Waals surface area contributed by atoms with E-state index in [2.05, 4.69) is 6.92 Å². The van der Waals surface area contributed by atoms with Crippen LogP contribution in [0.2, 0.25) is 0 Å². The van der Waals surface area contributed by atoms with E-state index in [-0.39, 0.29) is 11.9 Å². The van der Waals surface area contributed by atoms with E-state index < -0.39 is 0 Å². The van der Waals surface area contributed by atoms with Gasteiger partial charge in [-0.2, -0.15) is 0 Å². The number of hydrogen-bond acceptors (Lipinski definition) is 3. The Morgan fingerprint density at radius 3 is 2.37 bits per heavy atom. The number of rotatable bonds is 9. The lowest BCUT2D eigenvalue weighted by Crippen LogP contribution is -2.24. The number of carbonyl (C=O) groups is 1. The van der Waals surface area contributed by atoms with Crippen LogP contribution in [0.3, 0.4) is 0 Å². The Kier molecular flexibility index (Phi) is 8.89. The maximum absolute atomic E-state index is 11.9. The molecule has 1 aliphatic rings. The SMILES string of the molecule is CCCCC1CCC(C(=O)OCCCCOC)CC1. The molecule has 1 fully saturated rings. The first-order valence-electron chi connectivity index (χ1n) is 7.93. The van der Waals surface area contributed by atoms with Crippen molar-refractivity contribution in [2.24, 2.45) is 11.8 Å². The molecule has 0 bridgehead atoms. The third-order valence-electron chi connectivity index (χ3n) is 4.13. The molecule has 3 heteroatoms. The van der Waals surface area contributed by atoms with Crippen LogP contribution in [-0.4, -0.2) is 26.3 Å². The number of hydrogen-bond donors (Lipinski definition) is 0. The molecule has 112 valence electrons. The Morgan fingerprint density at radius 1 is 1.05 bits per heavy atom. The van der Waals surface area contributed by atoms with Crippen molar-refractivity contribution < 1.29 is 14.3 Å². The van der Waals surface area contributed by atoms with Crippen LogP contribution in [0.4, 0.5) is 0 Å². The van der Waals surface area contributed by atoms with E-state index in [1.165, 1.54) is 32.1 Å². The summed E-state index contributed by atoms with van der Waals surface area (Å²) in [5, 5.41) is 0. The standard InChI is InChI=1S/C16H30O3/c1-3-4-7-14-8-10-15(11-9-14)16(17)19-13-6-5-12-18-2/h14-15H,3-13H2,1-2H3. The zero-order chi connectivity index (χ0) is 13.9. The summed E-state index contributed by atoms with van der Waals surface area (Å²) in [7, 11) is 1.70. The fourth-order valence-electron chi connectivity index (χ4n) is 2.82. The van der Waals surface area contributed by atoms with Crippen molar-refractivity contribution in [1.29, 1.82) is 0 Å². The minimum Gasteiger partial charge on any atom is -0.465 e. The van der Waals surface area contributed by atoms with Gasteiger partial charge in [-0.15, -0.1) is 0 Å². The summed E-state index contributed by atoms with van der Waals surface area (Å²) >= 11 is 0. The summed E-state index contributed by atoms with van der Waals surface area (Å²) in [6.07, 6.45) is 10.3. The maximum Gasteiger partial charge on any atom is 0.308 e. The van der Waals surface area contributed by atoms with Crippen molar-refractivity contribution in [1.82, 2.24) is 0 Å². The largest absolute Gasteiger partial charge is 0.465 e. The molecule has 0 saturated heterocycles. The van der Waals surface area contributed by atoms with Crippen molar-refractivity contribution in [2.75, 3.05) is 20.3 Å². The molecule has 19 heavy (non-hydrogen) atoms. The Balaban J connectivity index is 2.07.